The highest BCUT2D eigenvalue weighted by atomic mass is 32.2. The van der Waals surface area contributed by atoms with Crippen LogP contribution in [0.3, 0.4) is 0 Å². The molecular formula is C33H41N3O4S. The van der Waals surface area contributed by atoms with Gasteiger partial charge >= 0.3 is 0 Å². The largest absolute Gasteiger partial charge is 0.352 e. The van der Waals surface area contributed by atoms with Crippen LogP contribution in [0.15, 0.2) is 77.7 Å². The molecule has 41 heavy (non-hydrogen) atoms. The number of rotatable bonds is 10. The molecule has 1 N–H and O–H groups in total. The van der Waals surface area contributed by atoms with E-state index in [4.69, 9.17) is 0 Å². The number of hydrogen-bond acceptors (Lipinski definition) is 4. The second kappa shape index (κ2) is 13.3. The molecule has 0 spiro atoms. The van der Waals surface area contributed by atoms with Crippen LogP contribution < -0.4 is 9.62 Å². The maximum atomic E-state index is 14.1. The molecule has 8 heteroatoms. The van der Waals surface area contributed by atoms with Gasteiger partial charge in [0.2, 0.25) is 11.8 Å². The molecule has 0 heterocycles. The van der Waals surface area contributed by atoms with Gasteiger partial charge in [0, 0.05) is 12.6 Å². The molecule has 0 aromatic heterocycles. The molecule has 3 aromatic rings. The van der Waals surface area contributed by atoms with E-state index in [-0.39, 0.29) is 23.4 Å². The molecule has 1 aliphatic carbocycles. The first-order valence-electron chi connectivity index (χ1n) is 14.4. The fourth-order valence-corrected chi connectivity index (χ4v) is 6.58. The molecule has 1 saturated carbocycles. The fraction of sp³-hybridized carbons (Fsp3) is 0.394. The Balaban J connectivity index is 1.68. The molecule has 0 bridgehead atoms. The maximum absolute atomic E-state index is 14.1. The lowest BCUT2D eigenvalue weighted by Crippen LogP contribution is -2.53. The number of carbonyl (C=O) groups excluding carboxylic acids is 2. The Labute approximate surface area is 244 Å². The van der Waals surface area contributed by atoms with E-state index in [2.05, 4.69) is 5.32 Å². The lowest BCUT2D eigenvalue weighted by Gasteiger charge is -2.33. The summed E-state index contributed by atoms with van der Waals surface area (Å²) in [6.45, 7) is 7.22. The van der Waals surface area contributed by atoms with E-state index in [1.807, 2.05) is 57.2 Å². The lowest BCUT2D eigenvalue weighted by atomic mass is 9.95. The second-order valence-corrected chi connectivity index (χ2v) is 13.0. The van der Waals surface area contributed by atoms with Gasteiger partial charge in [0.15, 0.2) is 0 Å². The van der Waals surface area contributed by atoms with Crippen molar-refractivity contribution in [1.29, 1.82) is 0 Å². The van der Waals surface area contributed by atoms with Gasteiger partial charge in [-0.15, -0.1) is 0 Å². The topological polar surface area (TPSA) is 86.8 Å². The predicted molar refractivity (Wildman–Crippen MR) is 163 cm³/mol. The van der Waals surface area contributed by atoms with Crippen molar-refractivity contribution in [1.82, 2.24) is 10.2 Å². The van der Waals surface area contributed by atoms with E-state index in [9.17, 15) is 18.0 Å². The highest BCUT2D eigenvalue weighted by Crippen LogP contribution is 2.27. The molecule has 0 radical (unpaired) electrons. The van der Waals surface area contributed by atoms with E-state index in [0.717, 1.165) is 52.2 Å². The number of sulfonamides is 1. The number of anilines is 1. The summed E-state index contributed by atoms with van der Waals surface area (Å²) in [5.74, 6) is -0.672. The highest BCUT2D eigenvalue weighted by molar-refractivity contribution is 7.92. The zero-order valence-corrected chi connectivity index (χ0v) is 25.3. The maximum Gasteiger partial charge on any atom is 0.264 e. The van der Waals surface area contributed by atoms with Gasteiger partial charge in [-0.3, -0.25) is 13.9 Å². The average molecular weight is 576 g/mol. The van der Waals surface area contributed by atoms with E-state index in [1.54, 1.807) is 43.3 Å². The standard InChI is InChI=1S/C33H41N3O4S/c1-24-15-19-31(20-16-24)41(39,40)36(30-18-17-25(2)26(3)21-30)23-32(37)35(22-28-11-7-5-8-12-28)27(4)33(38)34-29-13-9-6-10-14-29/h5,7-8,11-12,15-21,27,29H,6,9-10,13-14,22-23H2,1-4H3,(H,34,38)/t27-/m1/s1. The van der Waals surface area contributed by atoms with Gasteiger partial charge in [0.05, 0.1) is 10.6 Å². The Bertz CT molecular complexity index is 1450. The van der Waals surface area contributed by atoms with E-state index in [0.29, 0.717) is 5.69 Å². The van der Waals surface area contributed by atoms with Crippen molar-refractivity contribution < 1.29 is 18.0 Å². The Hall–Kier alpha value is -3.65. The third-order valence-electron chi connectivity index (χ3n) is 7.98. The minimum absolute atomic E-state index is 0.0984. The van der Waals surface area contributed by atoms with Crippen LogP contribution in [0.5, 0.6) is 0 Å². The third-order valence-corrected chi connectivity index (χ3v) is 9.77. The van der Waals surface area contributed by atoms with Crippen LogP contribution >= 0.6 is 0 Å². The van der Waals surface area contributed by atoms with Crippen LogP contribution in [-0.4, -0.2) is 43.8 Å². The first-order valence-corrected chi connectivity index (χ1v) is 15.8. The number of hydrogen-bond donors (Lipinski definition) is 1. The van der Waals surface area contributed by atoms with Gasteiger partial charge in [0.25, 0.3) is 10.0 Å². The third kappa shape index (κ3) is 7.55. The molecule has 1 fully saturated rings. The summed E-state index contributed by atoms with van der Waals surface area (Å²) in [6.07, 6.45) is 5.19. The number of amides is 2. The van der Waals surface area contributed by atoms with Crippen LogP contribution in [0.2, 0.25) is 0 Å². The number of aryl methyl sites for hydroxylation is 3. The van der Waals surface area contributed by atoms with Crippen molar-refractivity contribution in [2.75, 3.05) is 10.8 Å². The van der Waals surface area contributed by atoms with Crippen molar-refractivity contribution in [2.45, 2.75) is 83.3 Å². The quantitative estimate of drug-likeness (QED) is 0.337. The average Bonchev–Trinajstić information content (AvgIpc) is 2.97. The SMILES string of the molecule is Cc1ccc(S(=O)(=O)N(CC(=O)N(Cc2ccccc2)[C@H](C)C(=O)NC2CCCCC2)c2ccc(C)c(C)c2)cc1. The molecule has 0 saturated heterocycles. The van der Waals surface area contributed by atoms with Crippen molar-refractivity contribution in [3.8, 4) is 0 Å². The van der Waals surface area contributed by atoms with Crippen LogP contribution in [0, 0.1) is 20.8 Å². The molecule has 1 aliphatic rings. The van der Waals surface area contributed by atoms with Crippen LogP contribution in [-0.2, 0) is 26.2 Å². The number of nitrogens with zero attached hydrogens (tertiary/aromatic N) is 2. The Morgan fingerprint density at radius 1 is 0.878 bits per heavy atom. The molecule has 3 aromatic carbocycles. The smallest absolute Gasteiger partial charge is 0.264 e. The minimum Gasteiger partial charge on any atom is -0.352 e. The van der Waals surface area contributed by atoms with Gasteiger partial charge in [-0.05, 0) is 81.5 Å². The van der Waals surface area contributed by atoms with Gasteiger partial charge in [0.1, 0.15) is 12.6 Å². The summed E-state index contributed by atoms with van der Waals surface area (Å²) in [6, 6.07) is 20.7. The van der Waals surface area contributed by atoms with E-state index >= 15 is 0 Å². The van der Waals surface area contributed by atoms with Crippen molar-refractivity contribution in [3.05, 3.63) is 95.1 Å². The predicted octanol–water partition coefficient (Wildman–Crippen LogP) is 5.67. The molecule has 0 unspecified atom stereocenters. The van der Waals surface area contributed by atoms with Gasteiger partial charge in [-0.1, -0.05) is 73.4 Å². The van der Waals surface area contributed by atoms with E-state index < -0.39 is 28.5 Å². The summed E-state index contributed by atoms with van der Waals surface area (Å²) in [5, 5.41) is 3.14. The van der Waals surface area contributed by atoms with Crippen molar-refractivity contribution in [3.63, 3.8) is 0 Å². The normalized spacial score (nSPS) is 14.7. The van der Waals surface area contributed by atoms with Gasteiger partial charge < -0.3 is 10.2 Å². The van der Waals surface area contributed by atoms with Crippen LogP contribution in [0.25, 0.3) is 0 Å². The summed E-state index contributed by atoms with van der Waals surface area (Å²) >= 11 is 0. The number of carbonyl (C=O) groups is 2. The second-order valence-electron chi connectivity index (χ2n) is 11.1. The molecule has 1 atom stereocenters. The molecule has 7 nitrogen and oxygen atoms in total. The molecule has 2 amide bonds. The first-order chi connectivity index (χ1) is 19.6. The van der Waals surface area contributed by atoms with Crippen LogP contribution in [0.4, 0.5) is 5.69 Å². The monoisotopic (exact) mass is 575 g/mol. The zero-order valence-electron chi connectivity index (χ0n) is 24.5. The zero-order chi connectivity index (χ0) is 29.6. The first kappa shape index (κ1) is 30.3. The van der Waals surface area contributed by atoms with Crippen molar-refractivity contribution in [2.24, 2.45) is 0 Å². The number of benzene rings is 3. The molecular weight excluding hydrogens is 534 g/mol. The Morgan fingerprint density at radius 3 is 2.17 bits per heavy atom. The molecule has 4 rings (SSSR count). The Morgan fingerprint density at radius 2 is 1.54 bits per heavy atom. The molecule has 218 valence electrons. The summed E-state index contributed by atoms with van der Waals surface area (Å²) < 4.78 is 29.2. The van der Waals surface area contributed by atoms with E-state index in [1.165, 1.54) is 11.3 Å². The van der Waals surface area contributed by atoms with Crippen molar-refractivity contribution >= 4 is 27.5 Å². The summed E-state index contributed by atoms with van der Waals surface area (Å²) in [7, 11) is -4.09. The summed E-state index contributed by atoms with van der Waals surface area (Å²) in [5.41, 5.74) is 4.13. The molecule has 0 aliphatic heterocycles. The Kier molecular flexibility index (Phi) is 9.86. The minimum atomic E-state index is -4.09. The highest BCUT2D eigenvalue weighted by Gasteiger charge is 2.33. The number of nitrogens with one attached hydrogen (secondary N) is 1. The fourth-order valence-electron chi connectivity index (χ4n) is 5.18. The van der Waals surface area contributed by atoms with Gasteiger partial charge in [-0.25, -0.2) is 8.42 Å². The summed E-state index contributed by atoms with van der Waals surface area (Å²) in [4.78, 5) is 29.1. The van der Waals surface area contributed by atoms with Gasteiger partial charge in [-0.2, -0.15) is 0 Å². The van der Waals surface area contributed by atoms with Crippen LogP contribution in [0.1, 0.15) is 61.3 Å². The lowest BCUT2D eigenvalue weighted by molar-refractivity contribution is -0.139.